The number of rotatable bonds is 3. The van der Waals surface area contributed by atoms with Crippen LogP contribution in [0.15, 0.2) is 12.2 Å². The molecule has 0 aromatic rings. The quantitative estimate of drug-likeness (QED) is 0.517. The van der Waals surface area contributed by atoms with E-state index in [1.54, 1.807) is 6.92 Å². The number of carbonyl (C=O) groups excluding carboxylic acids is 1. The van der Waals surface area contributed by atoms with E-state index < -0.39 is 0 Å². The van der Waals surface area contributed by atoms with E-state index in [4.69, 9.17) is 0 Å². The molecule has 0 saturated heterocycles. The van der Waals surface area contributed by atoms with Gasteiger partial charge < -0.3 is 10.1 Å². The number of esters is 1. The molecule has 12 heavy (non-hydrogen) atoms. The first kappa shape index (κ1) is 13.7. The van der Waals surface area contributed by atoms with Crippen LogP contribution in [0.25, 0.3) is 0 Å². The Labute approximate surface area is 74.8 Å². The summed E-state index contributed by atoms with van der Waals surface area (Å²) in [5.41, 5.74) is 0.539. The maximum Gasteiger partial charge on any atom is 0.333 e. The maximum atomic E-state index is 10.7. The number of hydrogen-bond donors (Lipinski definition) is 1. The lowest BCUT2D eigenvalue weighted by atomic mass is 10.2. The summed E-state index contributed by atoms with van der Waals surface area (Å²) in [6.07, 6.45) is 0.666. The summed E-state index contributed by atoms with van der Waals surface area (Å²) in [6.45, 7) is 7.60. The van der Waals surface area contributed by atoms with Crippen LogP contribution in [0.3, 0.4) is 0 Å². The van der Waals surface area contributed by atoms with E-state index in [0.29, 0.717) is 18.6 Å². The van der Waals surface area contributed by atoms with Crippen LogP contribution >= 0.6 is 0 Å². The van der Waals surface area contributed by atoms with Gasteiger partial charge in [-0.15, -0.1) is 0 Å². The molecule has 0 aromatic carbocycles. The highest BCUT2D eigenvalue weighted by Gasteiger charge is 2.02. The third-order valence-corrected chi connectivity index (χ3v) is 0.991. The first-order chi connectivity index (χ1) is 5.63. The molecule has 0 spiro atoms. The standard InChI is InChI=1S/C7H12O2.C2H7N/c1-4-6(3)7(8)9-5-2;1-3-2/h3-5H2,1-2H3;3H,1-2H3. The molecular weight excluding hydrogens is 154 g/mol. The zero-order chi connectivity index (χ0) is 9.98. The summed E-state index contributed by atoms with van der Waals surface area (Å²) < 4.78 is 4.66. The van der Waals surface area contributed by atoms with Crippen LogP contribution in [-0.4, -0.2) is 26.7 Å². The lowest BCUT2D eigenvalue weighted by Gasteiger charge is -1.99. The molecule has 0 saturated carbocycles. The Morgan fingerprint density at radius 3 is 2.08 bits per heavy atom. The van der Waals surface area contributed by atoms with Gasteiger partial charge >= 0.3 is 5.97 Å². The second-order valence-corrected chi connectivity index (χ2v) is 2.18. The Hall–Kier alpha value is -0.830. The smallest absolute Gasteiger partial charge is 0.333 e. The van der Waals surface area contributed by atoms with E-state index in [-0.39, 0.29) is 5.97 Å². The van der Waals surface area contributed by atoms with E-state index in [2.05, 4.69) is 16.6 Å². The van der Waals surface area contributed by atoms with Gasteiger partial charge in [-0.1, -0.05) is 13.5 Å². The van der Waals surface area contributed by atoms with Crippen molar-refractivity contribution >= 4 is 5.97 Å². The predicted octanol–water partition coefficient (Wildman–Crippen LogP) is 1.35. The minimum absolute atomic E-state index is 0.278. The second-order valence-electron chi connectivity index (χ2n) is 2.18. The van der Waals surface area contributed by atoms with Crippen LogP contribution in [0.5, 0.6) is 0 Å². The molecule has 0 atom stereocenters. The Balaban J connectivity index is 0. The lowest BCUT2D eigenvalue weighted by Crippen LogP contribution is -2.05. The molecular formula is C9H19NO2. The van der Waals surface area contributed by atoms with Gasteiger partial charge in [-0.2, -0.15) is 0 Å². The van der Waals surface area contributed by atoms with Crippen LogP contribution in [0, 0.1) is 0 Å². The van der Waals surface area contributed by atoms with E-state index in [1.807, 2.05) is 21.0 Å². The molecule has 72 valence electrons. The second kappa shape index (κ2) is 10.2. The Morgan fingerprint density at radius 1 is 1.42 bits per heavy atom. The number of hydrogen-bond acceptors (Lipinski definition) is 3. The van der Waals surface area contributed by atoms with Gasteiger partial charge in [0.25, 0.3) is 0 Å². The largest absolute Gasteiger partial charge is 0.463 e. The summed E-state index contributed by atoms with van der Waals surface area (Å²) in [5, 5.41) is 2.75. The summed E-state index contributed by atoms with van der Waals surface area (Å²) in [6, 6.07) is 0. The van der Waals surface area contributed by atoms with Crippen molar-refractivity contribution < 1.29 is 9.53 Å². The van der Waals surface area contributed by atoms with E-state index in [9.17, 15) is 4.79 Å². The monoisotopic (exact) mass is 173 g/mol. The third kappa shape index (κ3) is 9.17. The van der Waals surface area contributed by atoms with E-state index in [0.717, 1.165) is 0 Å². The average Bonchev–Trinajstić information content (AvgIpc) is 2.05. The molecule has 0 bridgehead atoms. The van der Waals surface area contributed by atoms with Gasteiger partial charge in [0.05, 0.1) is 6.61 Å². The van der Waals surface area contributed by atoms with Crippen LogP contribution < -0.4 is 5.32 Å². The molecule has 3 heteroatoms. The van der Waals surface area contributed by atoms with E-state index >= 15 is 0 Å². The van der Waals surface area contributed by atoms with Crippen LogP contribution in [-0.2, 0) is 9.53 Å². The highest BCUT2D eigenvalue weighted by Crippen LogP contribution is 1.98. The van der Waals surface area contributed by atoms with Gasteiger partial charge in [0.2, 0.25) is 0 Å². The minimum atomic E-state index is -0.278. The van der Waals surface area contributed by atoms with Gasteiger partial charge in [-0.05, 0) is 27.4 Å². The van der Waals surface area contributed by atoms with Crippen molar-refractivity contribution in [2.24, 2.45) is 0 Å². The van der Waals surface area contributed by atoms with Crippen molar-refractivity contribution in [1.82, 2.24) is 5.32 Å². The van der Waals surface area contributed by atoms with Crippen LogP contribution in [0.4, 0.5) is 0 Å². The average molecular weight is 173 g/mol. The van der Waals surface area contributed by atoms with Crippen molar-refractivity contribution in [3.63, 3.8) is 0 Å². The molecule has 0 amide bonds. The first-order valence-corrected chi connectivity index (χ1v) is 4.07. The summed E-state index contributed by atoms with van der Waals surface area (Å²) in [7, 11) is 3.75. The zero-order valence-corrected chi connectivity index (χ0v) is 8.44. The highest BCUT2D eigenvalue weighted by atomic mass is 16.5. The van der Waals surface area contributed by atoms with Gasteiger partial charge in [0.1, 0.15) is 0 Å². The molecule has 0 fully saturated rings. The number of nitrogens with one attached hydrogen (secondary N) is 1. The molecule has 0 aliphatic rings. The first-order valence-electron chi connectivity index (χ1n) is 4.07. The fraction of sp³-hybridized carbons (Fsp3) is 0.667. The van der Waals surface area contributed by atoms with Crippen molar-refractivity contribution in [3.05, 3.63) is 12.2 Å². The Morgan fingerprint density at radius 2 is 1.83 bits per heavy atom. The molecule has 0 aromatic heterocycles. The fourth-order valence-corrected chi connectivity index (χ4v) is 0.377. The minimum Gasteiger partial charge on any atom is -0.463 e. The highest BCUT2D eigenvalue weighted by molar-refractivity contribution is 5.87. The van der Waals surface area contributed by atoms with Crippen molar-refractivity contribution in [2.45, 2.75) is 20.3 Å². The van der Waals surface area contributed by atoms with Crippen molar-refractivity contribution in [1.29, 1.82) is 0 Å². The number of ether oxygens (including phenoxy) is 1. The van der Waals surface area contributed by atoms with Crippen molar-refractivity contribution in [3.8, 4) is 0 Å². The van der Waals surface area contributed by atoms with Crippen LogP contribution in [0.2, 0.25) is 0 Å². The Bertz CT molecular complexity index is 132. The summed E-state index contributed by atoms with van der Waals surface area (Å²) in [5.74, 6) is -0.278. The van der Waals surface area contributed by atoms with Gasteiger partial charge in [0, 0.05) is 5.57 Å². The molecule has 0 unspecified atom stereocenters. The summed E-state index contributed by atoms with van der Waals surface area (Å²) >= 11 is 0. The van der Waals surface area contributed by atoms with Crippen LogP contribution in [0.1, 0.15) is 20.3 Å². The summed E-state index contributed by atoms with van der Waals surface area (Å²) in [4.78, 5) is 10.7. The topological polar surface area (TPSA) is 38.3 Å². The van der Waals surface area contributed by atoms with Gasteiger partial charge in [0.15, 0.2) is 0 Å². The SMILES string of the molecule is C=C(CC)C(=O)OCC.CNC. The molecule has 0 rings (SSSR count). The zero-order valence-electron chi connectivity index (χ0n) is 8.44. The predicted molar refractivity (Wildman–Crippen MR) is 51.0 cm³/mol. The molecule has 0 aliphatic carbocycles. The molecule has 0 aliphatic heterocycles. The Kier molecular flexibility index (Phi) is 11.6. The lowest BCUT2D eigenvalue weighted by molar-refractivity contribution is -0.138. The van der Waals surface area contributed by atoms with Gasteiger partial charge in [-0.3, -0.25) is 0 Å². The van der Waals surface area contributed by atoms with E-state index in [1.165, 1.54) is 0 Å². The third-order valence-electron chi connectivity index (χ3n) is 0.991. The van der Waals surface area contributed by atoms with Gasteiger partial charge in [-0.25, -0.2) is 4.79 Å². The normalized spacial score (nSPS) is 8.00. The molecule has 1 N–H and O–H groups in total. The maximum absolute atomic E-state index is 10.7. The molecule has 0 radical (unpaired) electrons. The fourth-order valence-electron chi connectivity index (χ4n) is 0.377. The van der Waals surface area contributed by atoms with Crippen molar-refractivity contribution in [2.75, 3.05) is 20.7 Å². The molecule has 0 heterocycles. The molecule has 3 nitrogen and oxygen atoms in total. The number of carbonyl (C=O) groups is 1.